The fraction of sp³-hybridized carbons (Fsp3) is 0.818. The van der Waals surface area contributed by atoms with Gasteiger partial charge in [0.15, 0.2) is 0 Å². The summed E-state index contributed by atoms with van der Waals surface area (Å²) in [5.74, 6) is 0.461. The number of carbonyl (C=O) groups excluding carboxylic acids is 1. The molecule has 100 valence electrons. The largest absolute Gasteiger partial charge is 0.444 e. The fourth-order valence-corrected chi connectivity index (χ4v) is 1.07. The zero-order valence-corrected chi connectivity index (χ0v) is 11.3. The molecule has 0 aromatic heterocycles. The van der Waals surface area contributed by atoms with Gasteiger partial charge in [-0.1, -0.05) is 0 Å². The van der Waals surface area contributed by atoms with Gasteiger partial charge in [-0.2, -0.15) is 0 Å². The van der Waals surface area contributed by atoms with Crippen molar-refractivity contribution in [1.82, 2.24) is 10.4 Å². The highest BCUT2D eigenvalue weighted by Crippen LogP contribution is 2.09. The molecule has 0 saturated carbocycles. The number of carbonyl (C=O) groups is 1. The van der Waals surface area contributed by atoms with Crippen LogP contribution in [0.2, 0.25) is 0 Å². The Morgan fingerprint density at radius 1 is 1.47 bits per heavy atom. The van der Waals surface area contributed by atoms with E-state index in [1.807, 2.05) is 33.2 Å². The molecule has 0 saturated heterocycles. The SMILES string of the molecule is CCN=C(CCN(C)C(=O)OC(C)(C)C)NO. The van der Waals surface area contributed by atoms with E-state index in [0.29, 0.717) is 25.3 Å². The highest BCUT2D eigenvalue weighted by atomic mass is 16.6. The first-order chi connectivity index (χ1) is 7.80. The molecular weight excluding hydrogens is 222 g/mol. The lowest BCUT2D eigenvalue weighted by molar-refractivity contribution is 0.0302. The van der Waals surface area contributed by atoms with Crippen LogP contribution in [0.15, 0.2) is 4.99 Å². The van der Waals surface area contributed by atoms with Gasteiger partial charge in [-0.3, -0.25) is 15.7 Å². The minimum absolute atomic E-state index is 0.383. The van der Waals surface area contributed by atoms with Crippen molar-refractivity contribution in [3.05, 3.63) is 0 Å². The standard InChI is InChI=1S/C11H23N3O3/c1-6-12-9(13-16)7-8-14(5)10(15)17-11(2,3)4/h16H,6-8H2,1-5H3,(H,12,13). The average Bonchev–Trinajstić information content (AvgIpc) is 2.21. The molecule has 0 aromatic carbocycles. The van der Waals surface area contributed by atoms with Gasteiger partial charge in [0.1, 0.15) is 11.4 Å². The smallest absolute Gasteiger partial charge is 0.410 e. The molecule has 6 nitrogen and oxygen atoms in total. The van der Waals surface area contributed by atoms with Crippen molar-refractivity contribution in [2.45, 2.75) is 39.7 Å². The van der Waals surface area contributed by atoms with Crippen LogP contribution in [0.5, 0.6) is 0 Å². The van der Waals surface area contributed by atoms with Gasteiger partial charge in [0.25, 0.3) is 0 Å². The second-order valence-electron chi connectivity index (χ2n) is 4.68. The molecule has 0 aromatic rings. The normalized spacial score (nSPS) is 12.2. The quantitative estimate of drug-likeness (QED) is 0.448. The zero-order valence-electron chi connectivity index (χ0n) is 11.3. The number of hydroxylamine groups is 1. The van der Waals surface area contributed by atoms with Crippen LogP contribution in [0.3, 0.4) is 0 Å². The molecule has 6 heteroatoms. The van der Waals surface area contributed by atoms with E-state index in [4.69, 9.17) is 9.94 Å². The lowest BCUT2D eigenvalue weighted by Crippen LogP contribution is -2.36. The molecule has 0 bridgehead atoms. The summed E-state index contributed by atoms with van der Waals surface area (Å²) in [5.41, 5.74) is 1.52. The first kappa shape index (κ1) is 15.7. The Morgan fingerprint density at radius 2 is 2.06 bits per heavy atom. The van der Waals surface area contributed by atoms with Gasteiger partial charge in [-0.05, 0) is 27.7 Å². The molecule has 0 fully saturated rings. The van der Waals surface area contributed by atoms with E-state index in [1.54, 1.807) is 7.05 Å². The van der Waals surface area contributed by atoms with Crippen LogP contribution < -0.4 is 5.48 Å². The molecule has 2 N–H and O–H groups in total. The van der Waals surface area contributed by atoms with E-state index in [9.17, 15) is 4.79 Å². The van der Waals surface area contributed by atoms with Crippen LogP contribution in [0.25, 0.3) is 0 Å². The molecule has 0 atom stereocenters. The van der Waals surface area contributed by atoms with Crippen molar-refractivity contribution >= 4 is 11.9 Å². The molecule has 0 rings (SSSR count). The molecule has 0 heterocycles. The Hall–Kier alpha value is -1.30. The highest BCUT2D eigenvalue weighted by molar-refractivity contribution is 5.81. The first-order valence-corrected chi connectivity index (χ1v) is 5.67. The topological polar surface area (TPSA) is 74.2 Å². The zero-order chi connectivity index (χ0) is 13.5. The van der Waals surface area contributed by atoms with E-state index in [-0.39, 0.29) is 6.09 Å². The van der Waals surface area contributed by atoms with E-state index in [0.717, 1.165) is 0 Å². The van der Waals surface area contributed by atoms with Gasteiger partial charge in [0, 0.05) is 26.6 Å². The van der Waals surface area contributed by atoms with Crippen molar-refractivity contribution in [2.75, 3.05) is 20.1 Å². The number of rotatable bonds is 4. The molecular formula is C11H23N3O3. The molecule has 0 spiro atoms. The Balaban J connectivity index is 4.13. The fourth-order valence-electron chi connectivity index (χ4n) is 1.07. The van der Waals surface area contributed by atoms with Crippen molar-refractivity contribution in [3.63, 3.8) is 0 Å². The summed E-state index contributed by atoms with van der Waals surface area (Å²) < 4.78 is 5.19. The minimum atomic E-state index is -0.499. The number of amides is 1. The van der Waals surface area contributed by atoms with Crippen molar-refractivity contribution < 1.29 is 14.7 Å². The van der Waals surface area contributed by atoms with Gasteiger partial charge >= 0.3 is 6.09 Å². The number of hydrogen-bond acceptors (Lipinski definition) is 4. The Bertz CT molecular complexity index is 272. The third-order valence-electron chi connectivity index (χ3n) is 1.87. The maximum atomic E-state index is 11.6. The van der Waals surface area contributed by atoms with Crippen molar-refractivity contribution in [2.24, 2.45) is 4.99 Å². The summed E-state index contributed by atoms with van der Waals surface area (Å²) in [7, 11) is 1.65. The van der Waals surface area contributed by atoms with Crippen LogP contribution in [0.4, 0.5) is 4.79 Å². The van der Waals surface area contributed by atoms with Crippen LogP contribution >= 0.6 is 0 Å². The van der Waals surface area contributed by atoms with E-state index < -0.39 is 5.60 Å². The summed E-state index contributed by atoms with van der Waals surface area (Å²) in [4.78, 5) is 17.1. The van der Waals surface area contributed by atoms with Gasteiger partial charge in [-0.25, -0.2) is 4.79 Å². The van der Waals surface area contributed by atoms with Crippen LogP contribution in [0.1, 0.15) is 34.1 Å². The molecule has 0 aliphatic carbocycles. The van der Waals surface area contributed by atoms with Crippen LogP contribution in [-0.4, -0.2) is 47.8 Å². The number of aliphatic imine (C=N–C) groups is 1. The lowest BCUT2D eigenvalue weighted by Gasteiger charge is -2.24. The monoisotopic (exact) mass is 245 g/mol. The second-order valence-corrected chi connectivity index (χ2v) is 4.68. The van der Waals surface area contributed by atoms with E-state index >= 15 is 0 Å². The Morgan fingerprint density at radius 3 is 2.47 bits per heavy atom. The molecule has 0 unspecified atom stereocenters. The number of hydrogen-bond donors (Lipinski definition) is 2. The summed E-state index contributed by atoms with van der Waals surface area (Å²) in [5, 5.41) is 8.78. The predicted molar refractivity (Wildman–Crippen MR) is 66.4 cm³/mol. The number of nitrogens with zero attached hydrogens (tertiary/aromatic N) is 2. The summed E-state index contributed by atoms with van der Waals surface area (Å²) >= 11 is 0. The van der Waals surface area contributed by atoms with Crippen molar-refractivity contribution in [1.29, 1.82) is 0 Å². The van der Waals surface area contributed by atoms with Crippen molar-refractivity contribution in [3.8, 4) is 0 Å². The first-order valence-electron chi connectivity index (χ1n) is 5.67. The number of amidine groups is 1. The summed E-state index contributed by atoms with van der Waals surface area (Å²) in [6.45, 7) is 8.34. The molecule has 1 amide bonds. The summed E-state index contributed by atoms with van der Waals surface area (Å²) in [6, 6.07) is 0. The van der Waals surface area contributed by atoms with Gasteiger partial charge in [-0.15, -0.1) is 0 Å². The third kappa shape index (κ3) is 7.57. The maximum absolute atomic E-state index is 11.6. The van der Waals surface area contributed by atoms with Gasteiger partial charge in [0.05, 0.1) is 0 Å². The van der Waals surface area contributed by atoms with Crippen LogP contribution in [0, 0.1) is 0 Å². The highest BCUT2D eigenvalue weighted by Gasteiger charge is 2.19. The minimum Gasteiger partial charge on any atom is -0.444 e. The second kappa shape index (κ2) is 7.11. The van der Waals surface area contributed by atoms with E-state index in [1.165, 1.54) is 4.90 Å². The Kier molecular flexibility index (Phi) is 6.57. The lowest BCUT2D eigenvalue weighted by atomic mass is 10.2. The molecule has 0 radical (unpaired) electrons. The number of ether oxygens (including phenoxy) is 1. The Labute approximate surface area is 103 Å². The van der Waals surface area contributed by atoms with Gasteiger partial charge in [0.2, 0.25) is 0 Å². The molecule has 0 aliphatic rings. The predicted octanol–water partition coefficient (Wildman–Crippen LogP) is 1.64. The van der Waals surface area contributed by atoms with Gasteiger partial charge < -0.3 is 9.64 Å². The van der Waals surface area contributed by atoms with Crippen LogP contribution in [-0.2, 0) is 4.74 Å². The van der Waals surface area contributed by atoms with E-state index in [2.05, 4.69) is 4.99 Å². The average molecular weight is 245 g/mol. The maximum Gasteiger partial charge on any atom is 0.410 e. The molecule has 17 heavy (non-hydrogen) atoms. The third-order valence-corrected chi connectivity index (χ3v) is 1.87. The summed E-state index contributed by atoms with van der Waals surface area (Å²) in [6.07, 6.45) is 0.0753. The molecule has 0 aliphatic heterocycles. The number of nitrogens with one attached hydrogen (secondary N) is 1.